The lowest BCUT2D eigenvalue weighted by atomic mass is 10.1. The molecule has 0 unspecified atom stereocenters. The second kappa shape index (κ2) is 15.2. The van der Waals surface area contributed by atoms with Crippen molar-refractivity contribution in [2.75, 3.05) is 26.2 Å². The Labute approximate surface area is 173 Å². The van der Waals surface area contributed by atoms with Crippen molar-refractivity contribution in [3.05, 3.63) is 47.8 Å². The molecular formula is C25H42N2O. The molecule has 1 rings (SSSR count). The Bertz CT molecular complexity index is 515. The van der Waals surface area contributed by atoms with Crippen LogP contribution >= 0.6 is 0 Å². The highest BCUT2D eigenvalue weighted by molar-refractivity contribution is 6.04. The highest BCUT2D eigenvalue weighted by Crippen LogP contribution is 2.18. The monoisotopic (exact) mass is 386 g/mol. The molecular weight excluding hydrogens is 344 g/mol. The van der Waals surface area contributed by atoms with Crippen LogP contribution < -0.4 is 0 Å². The summed E-state index contributed by atoms with van der Waals surface area (Å²) in [6.07, 6.45) is 11.3. The maximum absolute atomic E-state index is 13.0. The normalized spacial score (nSPS) is 10.6. The first-order valence-electron chi connectivity index (χ1n) is 11.5. The first-order chi connectivity index (χ1) is 13.7. The fraction of sp³-hybridized carbons (Fsp3) is 0.640. The molecule has 0 amide bonds. The molecule has 0 atom stereocenters. The number of benzene rings is 1. The van der Waals surface area contributed by atoms with Crippen LogP contribution in [0.15, 0.2) is 42.2 Å². The van der Waals surface area contributed by atoms with Crippen LogP contribution in [-0.2, 0) is 0 Å². The van der Waals surface area contributed by atoms with Gasteiger partial charge in [-0.3, -0.25) is 4.79 Å². The highest BCUT2D eigenvalue weighted by atomic mass is 16.1. The van der Waals surface area contributed by atoms with Gasteiger partial charge in [-0.25, -0.2) is 0 Å². The third kappa shape index (κ3) is 8.95. The molecule has 3 heteroatoms. The minimum absolute atomic E-state index is 0.117. The molecule has 28 heavy (non-hydrogen) atoms. The van der Waals surface area contributed by atoms with Crippen LogP contribution in [-0.4, -0.2) is 41.8 Å². The lowest BCUT2D eigenvalue weighted by Crippen LogP contribution is -2.38. The maximum Gasteiger partial charge on any atom is 0.189 e. The standard InChI is InChI=1S/C25H42N2O/c1-5-9-18-26(19-10-6-2)25(27(20-11-7-3)21-12-8-4)22-24(28)23-16-14-13-15-17-23/h13-17,22H,5-12,18-21H2,1-4H3. The van der Waals surface area contributed by atoms with E-state index in [1.54, 1.807) is 0 Å². The summed E-state index contributed by atoms with van der Waals surface area (Å²) >= 11 is 0. The fourth-order valence-corrected chi connectivity index (χ4v) is 3.26. The van der Waals surface area contributed by atoms with E-state index < -0.39 is 0 Å². The molecule has 0 aliphatic carbocycles. The van der Waals surface area contributed by atoms with E-state index in [1.807, 2.05) is 36.4 Å². The van der Waals surface area contributed by atoms with Gasteiger partial charge in [-0.15, -0.1) is 0 Å². The summed E-state index contributed by atoms with van der Waals surface area (Å²) in [5.74, 6) is 1.25. The third-order valence-electron chi connectivity index (χ3n) is 5.09. The Kier molecular flexibility index (Phi) is 13.2. The molecule has 0 saturated carbocycles. The van der Waals surface area contributed by atoms with Crippen molar-refractivity contribution >= 4 is 5.78 Å². The van der Waals surface area contributed by atoms with Crippen molar-refractivity contribution in [1.82, 2.24) is 9.80 Å². The number of hydrogen-bond donors (Lipinski definition) is 0. The highest BCUT2D eigenvalue weighted by Gasteiger charge is 2.18. The van der Waals surface area contributed by atoms with Gasteiger partial charge in [0.05, 0.1) is 0 Å². The summed E-state index contributed by atoms with van der Waals surface area (Å²) < 4.78 is 0. The van der Waals surface area contributed by atoms with Crippen molar-refractivity contribution in [1.29, 1.82) is 0 Å². The van der Waals surface area contributed by atoms with Crippen LogP contribution in [0.4, 0.5) is 0 Å². The fourth-order valence-electron chi connectivity index (χ4n) is 3.26. The van der Waals surface area contributed by atoms with Gasteiger partial charge < -0.3 is 9.80 Å². The van der Waals surface area contributed by atoms with E-state index in [-0.39, 0.29) is 5.78 Å². The summed E-state index contributed by atoms with van der Waals surface area (Å²) in [6.45, 7) is 13.1. The van der Waals surface area contributed by atoms with E-state index in [2.05, 4.69) is 37.5 Å². The average molecular weight is 387 g/mol. The first-order valence-corrected chi connectivity index (χ1v) is 11.5. The number of carbonyl (C=O) groups is 1. The molecule has 158 valence electrons. The van der Waals surface area contributed by atoms with Gasteiger partial charge in [-0.05, 0) is 25.7 Å². The van der Waals surface area contributed by atoms with E-state index in [1.165, 1.54) is 25.7 Å². The Morgan fingerprint density at radius 2 is 1.11 bits per heavy atom. The largest absolute Gasteiger partial charge is 0.358 e. The number of carbonyl (C=O) groups excluding carboxylic acids is 1. The van der Waals surface area contributed by atoms with E-state index >= 15 is 0 Å². The van der Waals surface area contributed by atoms with E-state index in [0.29, 0.717) is 0 Å². The van der Waals surface area contributed by atoms with E-state index in [0.717, 1.165) is 63.2 Å². The van der Waals surface area contributed by atoms with Crippen molar-refractivity contribution in [3.63, 3.8) is 0 Å². The quantitative estimate of drug-likeness (QED) is 0.239. The molecule has 0 radical (unpaired) electrons. The molecule has 1 aromatic rings. The van der Waals surface area contributed by atoms with Gasteiger partial charge >= 0.3 is 0 Å². The lowest BCUT2D eigenvalue weighted by molar-refractivity contribution is 0.103. The van der Waals surface area contributed by atoms with Gasteiger partial charge in [0.15, 0.2) is 5.78 Å². The van der Waals surface area contributed by atoms with Crippen LogP contribution in [0.2, 0.25) is 0 Å². The molecule has 0 aromatic heterocycles. The van der Waals surface area contributed by atoms with Crippen molar-refractivity contribution in [3.8, 4) is 0 Å². The van der Waals surface area contributed by atoms with Gasteiger partial charge in [0.1, 0.15) is 5.82 Å². The maximum atomic E-state index is 13.0. The van der Waals surface area contributed by atoms with Crippen molar-refractivity contribution in [2.24, 2.45) is 0 Å². The zero-order valence-corrected chi connectivity index (χ0v) is 18.8. The third-order valence-corrected chi connectivity index (χ3v) is 5.09. The number of rotatable bonds is 16. The molecule has 0 aliphatic heterocycles. The second-order valence-electron chi connectivity index (χ2n) is 7.62. The van der Waals surface area contributed by atoms with Crippen molar-refractivity contribution in [2.45, 2.75) is 79.1 Å². The molecule has 0 aliphatic rings. The summed E-state index contributed by atoms with van der Waals surface area (Å²) in [4.78, 5) is 18.0. The van der Waals surface area contributed by atoms with Gasteiger partial charge in [-0.2, -0.15) is 0 Å². The van der Waals surface area contributed by atoms with Gasteiger partial charge in [0.25, 0.3) is 0 Å². The van der Waals surface area contributed by atoms with Crippen LogP contribution in [0.1, 0.15) is 89.4 Å². The smallest absolute Gasteiger partial charge is 0.189 e. The predicted octanol–water partition coefficient (Wildman–Crippen LogP) is 6.52. The SMILES string of the molecule is CCCCN(CCCC)C(=CC(=O)c1ccccc1)N(CCCC)CCCC. The molecule has 0 saturated heterocycles. The van der Waals surface area contributed by atoms with Gasteiger partial charge in [0.2, 0.25) is 0 Å². The molecule has 0 spiro atoms. The number of unbranched alkanes of at least 4 members (excludes halogenated alkanes) is 4. The average Bonchev–Trinajstić information content (AvgIpc) is 2.73. The number of allylic oxidation sites excluding steroid dienone is 1. The van der Waals surface area contributed by atoms with E-state index in [9.17, 15) is 4.79 Å². The Balaban J connectivity index is 3.22. The molecule has 3 nitrogen and oxygen atoms in total. The second-order valence-corrected chi connectivity index (χ2v) is 7.62. The summed E-state index contributed by atoms with van der Waals surface area (Å²) in [5.41, 5.74) is 0.775. The number of nitrogens with zero attached hydrogens (tertiary/aromatic N) is 2. The van der Waals surface area contributed by atoms with Crippen molar-refractivity contribution < 1.29 is 4.79 Å². The molecule has 0 heterocycles. The van der Waals surface area contributed by atoms with Gasteiger partial charge in [-0.1, -0.05) is 83.7 Å². The number of hydrogen-bond acceptors (Lipinski definition) is 3. The molecule has 1 aromatic carbocycles. The molecule has 0 N–H and O–H groups in total. The lowest BCUT2D eigenvalue weighted by Gasteiger charge is -2.36. The van der Waals surface area contributed by atoms with Crippen LogP contribution in [0.5, 0.6) is 0 Å². The molecule has 0 fully saturated rings. The Hall–Kier alpha value is -1.77. The Morgan fingerprint density at radius 3 is 1.46 bits per heavy atom. The van der Waals surface area contributed by atoms with Gasteiger partial charge in [0, 0.05) is 37.8 Å². The minimum Gasteiger partial charge on any atom is -0.358 e. The Morgan fingerprint density at radius 1 is 0.714 bits per heavy atom. The molecule has 0 bridgehead atoms. The zero-order chi connectivity index (χ0) is 20.6. The summed E-state index contributed by atoms with van der Waals surface area (Å²) in [6, 6.07) is 9.69. The zero-order valence-electron chi connectivity index (χ0n) is 18.8. The topological polar surface area (TPSA) is 23.6 Å². The van der Waals surface area contributed by atoms with Crippen LogP contribution in [0, 0.1) is 0 Å². The summed E-state index contributed by atoms with van der Waals surface area (Å²) in [7, 11) is 0. The van der Waals surface area contributed by atoms with E-state index in [4.69, 9.17) is 0 Å². The van der Waals surface area contributed by atoms with Crippen LogP contribution in [0.25, 0.3) is 0 Å². The van der Waals surface area contributed by atoms with Crippen LogP contribution in [0.3, 0.4) is 0 Å². The number of ketones is 1. The first kappa shape index (κ1) is 24.3. The summed E-state index contributed by atoms with van der Waals surface area (Å²) in [5, 5.41) is 0. The minimum atomic E-state index is 0.117. The predicted molar refractivity (Wildman–Crippen MR) is 122 cm³/mol.